The van der Waals surface area contributed by atoms with Gasteiger partial charge in [0.2, 0.25) is 0 Å². The molecule has 0 bridgehead atoms. The molecule has 0 aliphatic rings. The second kappa shape index (κ2) is 38.4. The third-order valence-electron chi connectivity index (χ3n) is 6.26. The third kappa shape index (κ3) is 38.5. The first-order valence-electron chi connectivity index (χ1n) is 15.2. The number of unbranched alkanes of at least 4 members (excludes halogenated alkanes) is 12. The zero-order valence-electron chi connectivity index (χ0n) is 25.1. The van der Waals surface area contributed by atoms with Crippen LogP contribution in [-0.4, -0.2) is 37.0 Å². The summed E-state index contributed by atoms with van der Waals surface area (Å²) in [4.78, 5) is 0. The molecule has 0 spiro atoms. The van der Waals surface area contributed by atoms with Gasteiger partial charge in [0.1, 0.15) is 0 Å². The van der Waals surface area contributed by atoms with E-state index in [1.165, 1.54) is 117 Å². The number of hydrogen-bond acceptors (Lipinski definition) is 2. The SMILES string of the molecule is CC#N.CC#N.CCCCCCP(CCCCCC)CCCP(CCCCCC)CCCCCC. The molecule has 0 N–H and O–H groups in total. The molecule has 0 aromatic heterocycles. The fourth-order valence-electron chi connectivity index (χ4n) is 4.24. The van der Waals surface area contributed by atoms with Crippen molar-refractivity contribution in [1.29, 1.82) is 10.5 Å². The summed E-state index contributed by atoms with van der Waals surface area (Å²) in [6.07, 6.45) is 34.6. The lowest BCUT2D eigenvalue weighted by Crippen LogP contribution is -2.01. The summed E-state index contributed by atoms with van der Waals surface area (Å²) in [6, 6.07) is 3.50. The summed E-state index contributed by atoms with van der Waals surface area (Å²) in [5.41, 5.74) is 0. The second-order valence-corrected chi connectivity index (χ2v) is 15.1. The van der Waals surface area contributed by atoms with E-state index in [-0.39, 0.29) is 0 Å². The Hall–Kier alpha value is -0.160. The monoisotopic (exact) mass is 526 g/mol. The van der Waals surface area contributed by atoms with E-state index in [4.69, 9.17) is 10.5 Å². The zero-order chi connectivity index (χ0) is 26.8. The highest BCUT2D eigenvalue weighted by molar-refractivity contribution is 7.58. The minimum absolute atomic E-state index is 0.349. The van der Waals surface area contributed by atoms with Crippen molar-refractivity contribution in [2.24, 2.45) is 0 Å². The van der Waals surface area contributed by atoms with Crippen molar-refractivity contribution in [2.75, 3.05) is 37.0 Å². The predicted octanol–water partition coefficient (Wildman–Crippen LogP) is 11.7. The Morgan fingerprint density at radius 3 is 0.771 bits per heavy atom. The quantitative estimate of drug-likeness (QED) is 0.0927. The molecule has 0 rings (SSSR count). The number of nitrogens with zero attached hydrogens (tertiary/aromatic N) is 2. The highest BCUT2D eigenvalue weighted by atomic mass is 31.1. The average Bonchev–Trinajstić information content (AvgIpc) is 2.85. The minimum atomic E-state index is 0.349. The molecular formula is C31H64N2P2. The normalized spacial score (nSPS) is 10.2. The average molecular weight is 527 g/mol. The van der Waals surface area contributed by atoms with Crippen LogP contribution in [-0.2, 0) is 0 Å². The Morgan fingerprint density at radius 1 is 0.371 bits per heavy atom. The standard InChI is InChI=1S/C27H58P2.2C2H3N/c1-5-9-13-17-22-28(23-18-14-10-6-2)26-21-27-29(24-19-15-11-7-3)25-20-16-12-8-4;2*1-2-3/h5-27H2,1-4H3;2*1H3. The van der Waals surface area contributed by atoms with Gasteiger partial charge in [-0.1, -0.05) is 105 Å². The predicted molar refractivity (Wildman–Crippen MR) is 167 cm³/mol. The van der Waals surface area contributed by atoms with Crippen LogP contribution in [0.3, 0.4) is 0 Å². The van der Waals surface area contributed by atoms with Gasteiger partial charge in [-0.15, -0.1) is 15.8 Å². The van der Waals surface area contributed by atoms with Crippen LogP contribution in [0.15, 0.2) is 0 Å². The van der Waals surface area contributed by atoms with Crippen LogP contribution in [0.4, 0.5) is 0 Å². The highest BCUT2D eigenvalue weighted by Gasteiger charge is 2.11. The van der Waals surface area contributed by atoms with Crippen molar-refractivity contribution >= 4 is 15.8 Å². The number of hydrogen-bond donors (Lipinski definition) is 0. The number of nitriles is 2. The molecule has 0 aliphatic heterocycles. The van der Waals surface area contributed by atoms with Gasteiger partial charge in [0, 0.05) is 13.8 Å². The molecule has 0 heterocycles. The first-order valence-corrected chi connectivity index (χ1v) is 19.0. The fraction of sp³-hybridized carbons (Fsp3) is 0.935. The topological polar surface area (TPSA) is 47.6 Å². The van der Waals surface area contributed by atoms with E-state index in [1.807, 2.05) is 0 Å². The Balaban J connectivity index is -0.00000153. The van der Waals surface area contributed by atoms with Crippen LogP contribution in [0.1, 0.15) is 151 Å². The summed E-state index contributed by atoms with van der Waals surface area (Å²) in [5, 5.41) is 14.6. The van der Waals surface area contributed by atoms with Crippen LogP contribution >= 0.6 is 15.8 Å². The van der Waals surface area contributed by atoms with Crippen molar-refractivity contribution in [3.8, 4) is 12.1 Å². The molecule has 2 nitrogen and oxygen atoms in total. The molecule has 35 heavy (non-hydrogen) atoms. The molecule has 0 atom stereocenters. The molecule has 0 saturated carbocycles. The smallest absolute Gasteiger partial charge is 0.0587 e. The first kappa shape index (κ1) is 39.4. The molecule has 0 aromatic carbocycles. The van der Waals surface area contributed by atoms with Gasteiger partial charge >= 0.3 is 0 Å². The number of rotatable bonds is 24. The highest BCUT2D eigenvalue weighted by Crippen LogP contribution is 2.43. The molecule has 0 saturated heterocycles. The summed E-state index contributed by atoms with van der Waals surface area (Å²) in [5.74, 6) is 0. The maximum absolute atomic E-state index is 7.32. The Labute approximate surface area is 225 Å². The first-order chi connectivity index (χ1) is 17.1. The maximum Gasteiger partial charge on any atom is 0.0587 e. The van der Waals surface area contributed by atoms with E-state index in [9.17, 15) is 0 Å². The molecule has 0 unspecified atom stereocenters. The van der Waals surface area contributed by atoms with Gasteiger partial charge in [-0.25, -0.2) is 0 Å². The molecular weight excluding hydrogens is 462 g/mol. The molecule has 208 valence electrons. The van der Waals surface area contributed by atoms with E-state index < -0.39 is 0 Å². The minimum Gasteiger partial charge on any atom is -0.199 e. The molecule has 0 radical (unpaired) electrons. The Morgan fingerprint density at radius 2 is 0.571 bits per heavy atom. The molecule has 0 amide bonds. The summed E-state index contributed by atoms with van der Waals surface area (Å²) < 4.78 is 0. The van der Waals surface area contributed by atoms with Gasteiger partial charge in [0.25, 0.3) is 0 Å². The van der Waals surface area contributed by atoms with Crippen molar-refractivity contribution in [3.63, 3.8) is 0 Å². The Kier molecular flexibility index (Phi) is 43.1. The van der Waals surface area contributed by atoms with Crippen molar-refractivity contribution in [2.45, 2.75) is 151 Å². The van der Waals surface area contributed by atoms with Gasteiger partial charge < -0.3 is 0 Å². The van der Waals surface area contributed by atoms with Crippen LogP contribution in [0.25, 0.3) is 0 Å². The van der Waals surface area contributed by atoms with Crippen LogP contribution in [0.5, 0.6) is 0 Å². The van der Waals surface area contributed by atoms with Crippen molar-refractivity contribution in [1.82, 2.24) is 0 Å². The van der Waals surface area contributed by atoms with E-state index in [2.05, 4.69) is 27.7 Å². The van der Waals surface area contributed by atoms with Crippen LogP contribution in [0, 0.1) is 22.7 Å². The maximum atomic E-state index is 7.32. The van der Waals surface area contributed by atoms with Crippen LogP contribution in [0.2, 0.25) is 0 Å². The van der Waals surface area contributed by atoms with Gasteiger partial charge in [-0.3, -0.25) is 0 Å². The van der Waals surface area contributed by atoms with E-state index in [0.717, 1.165) is 0 Å². The van der Waals surface area contributed by atoms with Gasteiger partial charge in [-0.05, 0) is 69.1 Å². The van der Waals surface area contributed by atoms with E-state index in [0.29, 0.717) is 15.8 Å². The second-order valence-electron chi connectivity index (χ2n) is 9.73. The van der Waals surface area contributed by atoms with Crippen molar-refractivity contribution < 1.29 is 0 Å². The van der Waals surface area contributed by atoms with Gasteiger partial charge in [0.15, 0.2) is 0 Å². The third-order valence-corrected chi connectivity index (χ3v) is 12.0. The lowest BCUT2D eigenvalue weighted by Gasteiger charge is -2.21. The lowest BCUT2D eigenvalue weighted by atomic mass is 10.2. The van der Waals surface area contributed by atoms with Gasteiger partial charge in [-0.2, -0.15) is 10.5 Å². The molecule has 4 heteroatoms. The van der Waals surface area contributed by atoms with E-state index in [1.54, 1.807) is 55.5 Å². The summed E-state index contributed by atoms with van der Waals surface area (Å²) in [6.45, 7) is 12.2. The summed E-state index contributed by atoms with van der Waals surface area (Å²) in [7, 11) is 0.697. The zero-order valence-corrected chi connectivity index (χ0v) is 26.8. The van der Waals surface area contributed by atoms with Gasteiger partial charge in [0.05, 0.1) is 12.1 Å². The molecule has 0 aromatic rings. The summed E-state index contributed by atoms with van der Waals surface area (Å²) >= 11 is 0. The van der Waals surface area contributed by atoms with E-state index >= 15 is 0 Å². The molecule has 0 aliphatic carbocycles. The lowest BCUT2D eigenvalue weighted by molar-refractivity contribution is 0.694. The fourth-order valence-corrected chi connectivity index (χ4v) is 9.72. The molecule has 0 fully saturated rings. The Bertz CT molecular complexity index is 378. The van der Waals surface area contributed by atoms with Crippen LogP contribution < -0.4 is 0 Å². The largest absolute Gasteiger partial charge is 0.199 e. The van der Waals surface area contributed by atoms with Crippen molar-refractivity contribution in [3.05, 3.63) is 0 Å².